The molecule has 1 aliphatic heterocycles. The van der Waals surface area contributed by atoms with E-state index in [1.807, 2.05) is 35.4 Å². The fourth-order valence-corrected chi connectivity index (χ4v) is 6.84. The van der Waals surface area contributed by atoms with Gasteiger partial charge in [0.2, 0.25) is 10.0 Å². The Morgan fingerprint density at radius 1 is 1.11 bits per heavy atom. The van der Waals surface area contributed by atoms with Crippen LogP contribution in [0.15, 0.2) is 70.5 Å². The summed E-state index contributed by atoms with van der Waals surface area (Å²) in [5, 5.41) is 10.6. The zero-order valence-electron chi connectivity index (χ0n) is 20.6. The topological polar surface area (TPSA) is 70.1 Å². The van der Waals surface area contributed by atoms with Crippen molar-refractivity contribution in [3.63, 3.8) is 0 Å². The maximum atomic E-state index is 14.2. The van der Waals surface area contributed by atoms with Gasteiger partial charge in [-0.25, -0.2) is 12.8 Å². The monoisotopic (exact) mass is 530 g/mol. The van der Waals surface area contributed by atoms with Crippen LogP contribution in [0.25, 0.3) is 0 Å². The van der Waals surface area contributed by atoms with Crippen LogP contribution < -0.4 is 9.64 Å². The number of phenols is 1. The Morgan fingerprint density at radius 2 is 1.81 bits per heavy atom. The van der Waals surface area contributed by atoms with Crippen molar-refractivity contribution in [3.05, 3.63) is 72.0 Å². The minimum Gasteiger partial charge on any atom is -0.507 e. The second-order valence-electron chi connectivity index (χ2n) is 8.77. The average Bonchev–Trinajstić information content (AvgIpc) is 2.96. The van der Waals surface area contributed by atoms with E-state index in [4.69, 9.17) is 4.74 Å². The van der Waals surface area contributed by atoms with Crippen LogP contribution in [-0.2, 0) is 16.6 Å². The number of phenolic OH excluding ortho intramolecular Hbond substituents is 1. The number of hydrogen-bond acceptors (Lipinski definition) is 6. The molecule has 36 heavy (non-hydrogen) atoms. The molecular formula is C27H31FN2O4S2. The predicted molar refractivity (Wildman–Crippen MR) is 142 cm³/mol. The maximum absolute atomic E-state index is 14.2. The number of methoxy groups -OCH3 is 1. The molecule has 3 aromatic carbocycles. The van der Waals surface area contributed by atoms with Crippen LogP contribution in [0.1, 0.15) is 31.7 Å². The molecule has 1 N–H and O–H groups in total. The molecule has 0 spiro atoms. The number of halogens is 1. The molecule has 0 saturated heterocycles. The van der Waals surface area contributed by atoms with Crippen LogP contribution in [0, 0.1) is 5.82 Å². The Morgan fingerprint density at radius 3 is 2.42 bits per heavy atom. The highest BCUT2D eigenvalue weighted by atomic mass is 32.2. The summed E-state index contributed by atoms with van der Waals surface area (Å²) >= 11 is 1.34. The number of rotatable bonds is 8. The van der Waals surface area contributed by atoms with E-state index in [0.29, 0.717) is 35.0 Å². The number of hydrogen-bond donors (Lipinski definition) is 1. The number of nitrogens with zero attached hydrogens (tertiary/aromatic N) is 2. The van der Waals surface area contributed by atoms with Gasteiger partial charge in [0.25, 0.3) is 0 Å². The number of thioether (sulfide) groups is 1. The molecule has 0 bridgehead atoms. The van der Waals surface area contributed by atoms with E-state index in [1.54, 1.807) is 29.6 Å². The number of sulfonamides is 1. The van der Waals surface area contributed by atoms with Gasteiger partial charge in [0, 0.05) is 30.9 Å². The van der Waals surface area contributed by atoms with E-state index >= 15 is 0 Å². The van der Waals surface area contributed by atoms with Gasteiger partial charge in [-0.3, -0.25) is 0 Å². The lowest BCUT2D eigenvalue weighted by Gasteiger charge is -2.31. The molecule has 0 amide bonds. The molecule has 0 aliphatic carbocycles. The standard InChI is InChI=1S/C27H31FN2O4S2/c1-4-5-6-22-18-29(21-11-9-20(28)10-12-21)24-15-26(35-3)25(31)16-27(24)36(32,33)30(22)17-19-7-13-23(34-2)14-8-19/h7-16,22,31H,4-6,17-18H2,1-3H3. The number of ether oxygens (including phenoxy) is 1. The number of aromatic hydroxyl groups is 1. The van der Waals surface area contributed by atoms with Gasteiger partial charge in [-0.2, -0.15) is 4.31 Å². The number of benzene rings is 3. The van der Waals surface area contributed by atoms with Gasteiger partial charge in [0.15, 0.2) is 0 Å². The Bertz CT molecular complexity index is 1300. The summed E-state index contributed by atoms with van der Waals surface area (Å²) < 4.78 is 49.0. The van der Waals surface area contributed by atoms with Gasteiger partial charge < -0.3 is 14.7 Å². The summed E-state index contributed by atoms with van der Waals surface area (Å²) in [5.41, 5.74) is 2.00. The third kappa shape index (κ3) is 5.33. The first-order chi connectivity index (χ1) is 17.3. The van der Waals surface area contributed by atoms with E-state index in [0.717, 1.165) is 18.4 Å². The van der Waals surface area contributed by atoms with Crippen molar-refractivity contribution in [1.29, 1.82) is 0 Å². The first-order valence-corrected chi connectivity index (χ1v) is 14.5. The van der Waals surface area contributed by atoms with Crippen molar-refractivity contribution in [2.45, 2.75) is 48.6 Å². The van der Waals surface area contributed by atoms with Crippen LogP contribution in [0.4, 0.5) is 15.8 Å². The second-order valence-corrected chi connectivity index (χ2v) is 11.5. The second kappa shape index (κ2) is 11.1. The largest absolute Gasteiger partial charge is 0.507 e. The number of unbranched alkanes of at least 4 members (excludes halogenated alkanes) is 1. The Kier molecular flexibility index (Phi) is 8.12. The molecule has 1 unspecified atom stereocenters. The summed E-state index contributed by atoms with van der Waals surface area (Å²) in [5.74, 6) is 0.253. The molecule has 0 fully saturated rings. The Balaban J connectivity index is 1.89. The zero-order valence-corrected chi connectivity index (χ0v) is 22.3. The van der Waals surface area contributed by atoms with Crippen LogP contribution in [0.5, 0.6) is 11.5 Å². The van der Waals surface area contributed by atoms with E-state index in [9.17, 15) is 17.9 Å². The highest BCUT2D eigenvalue weighted by Gasteiger charge is 2.39. The Hall–Kier alpha value is -2.75. The molecule has 3 aromatic rings. The minimum atomic E-state index is -3.99. The van der Waals surface area contributed by atoms with E-state index in [-0.39, 0.29) is 29.0 Å². The van der Waals surface area contributed by atoms with Gasteiger partial charge in [-0.15, -0.1) is 11.8 Å². The lowest BCUT2D eigenvalue weighted by atomic mass is 10.1. The molecule has 4 rings (SSSR count). The average molecular weight is 531 g/mol. The lowest BCUT2D eigenvalue weighted by Crippen LogP contribution is -2.43. The molecule has 9 heteroatoms. The zero-order chi connectivity index (χ0) is 25.9. The summed E-state index contributed by atoms with van der Waals surface area (Å²) in [6.45, 7) is 2.66. The van der Waals surface area contributed by atoms with Crippen molar-refractivity contribution < 1.29 is 22.7 Å². The summed E-state index contributed by atoms with van der Waals surface area (Å²) in [4.78, 5) is 2.54. The van der Waals surface area contributed by atoms with E-state index in [1.165, 1.54) is 30.0 Å². The molecule has 192 valence electrons. The molecule has 1 heterocycles. The SMILES string of the molecule is CCCCC1CN(c2ccc(F)cc2)c2cc(SC)c(O)cc2S(=O)(=O)N1Cc1ccc(OC)cc1. The van der Waals surface area contributed by atoms with E-state index in [2.05, 4.69) is 6.92 Å². The first-order valence-electron chi connectivity index (χ1n) is 11.9. The third-order valence-corrected chi connectivity index (χ3v) is 9.16. The Labute approximate surface area is 216 Å². The van der Waals surface area contributed by atoms with Gasteiger partial charge >= 0.3 is 0 Å². The fourth-order valence-electron chi connectivity index (χ4n) is 4.51. The van der Waals surface area contributed by atoms with Crippen LogP contribution >= 0.6 is 11.8 Å². The van der Waals surface area contributed by atoms with Crippen LogP contribution in [-0.4, -0.2) is 43.8 Å². The van der Waals surface area contributed by atoms with Gasteiger partial charge in [0.05, 0.1) is 17.7 Å². The van der Waals surface area contributed by atoms with Crippen molar-refractivity contribution in [3.8, 4) is 11.5 Å². The van der Waals surface area contributed by atoms with Gasteiger partial charge in [0.1, 0.15) is 22.2 Å². The quantitative estimate of drug-likeness (QED) is 0.352. The molecule has 0 aromatic heterocycles. The van der Waals surface area contributed by atoms with Gasteiger partial charge in [-0.05, 0) is 60.7 Å². The van der Waals surface area contributed by atoms with Crippen molar-refractivity contribution in [2.75, 3.05) is 24.8 Å². The third-order valence-electron chi connectivity index (χ3n) is 6.47. The molecule has 0 radical (unpaired) electrons. The highest BCUT2D eigenvalue weighted by Crippen LogP contribution is 2.43. The molecule has 1 atom stereocenters. The van der Waals surface area contributed by atoms with Crippen molar-refractivity contribution in [2.24, 2.45) is 0 Å². The normalized spacial score (nSPS) is 17.4. The van der Waals surface area contributed by atoms with E-state index < -0.39 is 10.0 Å². The first kappa shape index (κ1) is 26.3. The number of anilines is 2. The summed E-state index contributed by atoms with van der Waals surface area (Å²) in [6, 6.07) is 16.1. The maximum Gasteiger partial charge on any atom is 0.245 e. The fraction of sp³-hybridized carbons (Fsp3) is 0.333. The van der Waals surface area contributed by atoms with Crippen molar-refractivity contribution >= 4 is 33.2 Å². The van der Waals surface area contributed by atoms with Crippen LogP contribution in [0.2, 0.25) is 0 Å². The smallest absolute Gasteiger partial charge is 0.245 e. The molecular weight excluding hydrogens is 499 g/mol. The number of fused-ring (bicyclic) bond motifs is 1. The summed E-state index contributed by atoms with van der Waals surface area (Å²) in [6.07, 6.45) is 4.27. The predicted octanol–water partition coefficient (Wildman–Crippen LogP) is 6.16. The minimum absolute atomic E-state index is 0.0367. The highest BCUT2D eigenvalue weighted by molar-refractivity contribution is 7.98. The molecule has 1 aliphatic rings. The lowest BCUT2D eigenvalue weighted by molar-refractivity contribution is 0.300. The molecule has 0 saturated carbocycles. The summed E-state index contributed by atoms with van der Waals surface area (Å²) in [7, 11) is -2.40. The molecule has 6 nitrogen and oxygen atoms in total. The van der Waals surface area contributed by atoms with Gasteiger partial charge in [-0.1, -0.05) is 31.9 Å². The van der Waals surface area contributed by atoms with Crippen molar-refractivity contribution in [1.82, 2.24) is 4.31 Å². The van der Waals surface area contributed by atoms with Crippen LogP contribution in [0.3, 0.4) is 0 Å².